The maximum absolute atomic E-state index is 13.2. The molecule has 0 radical (unpaired) electrons. The van der Waals surface area contributed by atoms with Crippen molar-refractivity contribution in [1.29, 1.82) is 0 Å². The molecule has 1 aliphatic heterocycles. The summed E-state index contributed by atoms with van der Waals surface area (Å²) in [5.41, 5.74) is 1.13. The van der Waals surface area contributed by atoms with Crippen molar-refractivity contribution >= 4 is 46.4 Å². The van der Waals surface area contributed by atoms with E-state index in [0.717, 1.165) is 6.07 Å². The summed E-state index contributed by atoms with van der Waals surface area (Å²) >= 11 is 12.1. The van der Waals surface area contributed by atoms with Crippen LogP contribution in [0.5, 0.6) is 0 Å². The third kappa shape index (κ3) is 3.56. The van der Waals surface area contributed by atoms with Gasteiger partial charge in [0, 0.05) is 12.2 Å². The van der Waals surface area contributed by atoms with Gasteiger partial charge in [-0.05, 0) is 37.3 Å². The second-order valence-corrected chi connectivity index (χ2v) is 7.35. The molecule has 148 valence electrons. The predicted octanol–water partition coefficient (Wildman–Crippen LogP) is 4.20. The van der Waals surface area contributed by atoms with Gasteiger partial charge in [-0.15, -0.1) is 0 Å². The topological polar surface area (TPSA) is 80.1 Å². The summed E-state index contributed by atoms with van der Waals surface area (Å²) in [4.78, 5) is 30.9. The van der Waals surface area contributed by atoms with Crippen LogP contribution in [0.15, 0.2) is 42.7 Å². The van der Waals surface area contributed by atoms with E-state index in [1.165, 1.54) is 28.0 Å². The number of amides is 2. The van der Waals surface area contributed by atoms with Gasteiger partial charge in [-0.2, -0.15) is 9.49 Å². The predicted molar refractivity (Wildman–Crippen MR) is 107 cm³/mol. The molecule has 10 heteroatoms. The monoisotopic (exact) mass is 433 g/mol. The van der Waals surface area contributed by atoms with Gasteiger partial charge in [0.1, 0.15) is 5.69 Å². The zero-order valence-electron chi connectivity index (χ0n) is 15.1. The molecule has 4 rings (SSSR count). The van der Waals surface area contributed by atoms with Crippen LogP contribution >= 0.6 is 23.2 Å². The van der Waals surface area contributed by atoms with E-state index in [1.807, 2.05) is 6.92 Å². The Balaban J connectivity index is 1.67. The molecule has 0 saturated heterocycles. The van der Waals surface area contributed by atoms with Gasteiger partial charge in [0.2, 0.25) is 5.95 Å². The molecule has 2 amide bonds. The first-order chi connectivity index (χ1) is 13.8. The average molecular weight is 434 g/mol. The Kier molecular flexibility index (Phi) is 4.97. The van der Waals surface area contributed by atoms with Crippen molar-refractivity contribution in [3.63, 3.8) is 0 Å². The minimum Gasteiger partial charge on any atom is -0.320 e. The van der Waals surface area contributed by atoms with E-state index in [4.69, 9.17) is 23.2 Å². The maximum atomic E-state index is 13.2. The Morgan fingerprint density at radius 2 is 2.00 bits per heavy atom. The van der Waals surface area contributed by atoms with Gasteiger partial charge in [-0.25, -0.2) is 4.98 Å². The first-order valence-electron chi connectivity index (χ1n) is 8.62. The summed E-state index contributed by atoms with van der Waals surface area (Å²) in [6.07, 6.45) is 2.53. The van der Waals surface area contributed by atoms with Gasteiger partial charge in [-0.3, -0.25) is 14.3 Å². The molecular formula is C19H14Cl2FN5O2. The Morgan fingerprint density at radius 1 is 1.21 bits per heavy atom. The highest BCUT2D eigenvalue weighted by Gasteiger charge is 2.35. The first-order valence-corrected chi connectivity index (χ1v) is 9.38. The molecule has 3 heterocycles. The second kappa shape index (κ2) is 7.46. The van der Waals surface area contributed by atoms with Crippen molar-refractivity contribution in [2.75, 3.05) is 16.8 Å². The number of hydrogen-bond donors (Lipinski definition) is 1. The van der Waals surface area contributed by atoms with E-state index in [0.29, 0.717) is 28.0 Å². The van der Waals surface area contributed by atoms with Crippen LogP contribution < -0.4 is 10.2 Å². The Hall–Kier alpha value is -2.97. The van der Waals surface area contributed by atoms with E-state index < -0.39 is 11.9 Å². The fourth-order valence-electron chi connectivity index (χ4n) is 3.15. The Bertz CT molecular complexity index is 1120. The SMILES string of the molecule is C[C@H]1CN(c2ccc(Cl)c(Cl)c2)C(=O)c2c(C(=O)Nc3ccc(F)nc3)cnn21. The summed E-state index contributed by atoms with van der Waals surface area (Å²) in [6, 6.07) is 7.23. The number of benzene rings is 1. The molecule has 0 fully saturated rings. The van der Waals surface area contributed by atoms with Crippen LogP contribution in [-0.2, 0) is 0 Å². The van der Waals surface area contributed by atoms with E-state index in [-0.39, 0.29) is 23.2 Å². The summed E-state index contributed by atoms with van der Waals surface area (Å²) in [5, 5.41) is 7.51. The molecule has 2 aromatic heterocycles. The smallest absolute Gasteiger partial charge is 0.277 e. The number of fused-ring (bicyclic) bond motifs is 1. The number of carbonyl (C=O) groups excluding carboxylic acids is 2. The lowest BCUT2D eigenvalue weighted by Gasteiger charge is -2.32. The van der Waals surface area contributed by atoms with E-state index >= 15 is 0 Å². The highest BCUT2D eigenvalue weighted by atomic mass is 35.5. The lowest BCUT2D eigenvalue weighted by molar-refractivity contribution is 0.0939. The van der Waals surface area contributed by atoms with Crippen molar-refractivity contribution in [2.45, 2.75) is 13.0 Å². The normalized spacial score (nSPS) is 15.9. The van der Waals surface area contributed by atoms with E-state index in [9.17, 15) is 14.0 Å². The number of anilines is 2. The van der Waals surface area contributed by atoms with Crippen molar-refractivity contribution in [1.82, 2.24) is 14.8 Å². The van der Waals surface area contributed by atoms with Crippen LogP contribution in [0.2, 0.25) is 10.0 Å². The first kappa shape index (κ1) is 19.4. The number of halogens is 3. The second-order valence-electron chi connectivity index (χ2n) is 6.54. The van der Waals surface area contributed by atoms with Crippen LogP contribution in [0.4, 0.5) is 15.8 Å². The molecule has 0 bridgehead atoms. The molecule has 1 aliphatic rings. The molecule has 7 nitrogen and oxygen atoms in total. The standard InChI is InChI=1S/C19H14Cl2FN5O2/c1-10-9-26(12-3-4-14(20)15(21)6-12)19(29)17-13(8-24-27(10)17)18(28)25-11-2-5-16(22)23-7-11/h2-8,10H,9H2,1H3,(H,25,28)/t10-/m0/s1. The third-order valence-corrected chi connectivity index (χ3v) is 5.29. The summed E-state index contributed by atoms with van der Waals surface area (Å²) in [7, 11) is 0. The molecule has 0 unspecified atom stereocenters. The lowest BCUT2D eigenvalue weighted by Crippen LogP contribution is -2.43. The van der Waals surface area contributed by atoms with E-state index in [2.05, 4.69) is 15.4 Å². The van der Waals surface area contributed by atoms with Crippen LogP contribution in [0.1, 0.15) is 33.8 Å². The zero-order chi connectivity index (χ0) is 20.7. The fourth-order valence-corrected chi connectivity index (χ4v) is 3.44. The molecule has 0 aliphatic carbocycles. The summed E-state index contributed by atoms with van der Waals surface area (Å²) < 4.78 is 14.5. The number of hydrogen-bond acceptors (Lipinski definition) is 4. The number of nitrogens with zero attached hydrogens (tertiary/aromatic N) is 4. The fraction of sp³-hybridized carbons (Fsp3) is 0.158. The molecule has 0 saturated carbocycles. The number of pyridine rings is 1. The number of rotatable bonds is 3. The third-order valence-electron chi connectivity index (χ3n) is 4.55. The van der Waals surface area contributed by atoms with Crippen LogP contribution in [0.3, 0.4) is 0 Å². The number of carbonyl (C=O) groups is 2. The quantitative estimate of drug-likeness (QED) is 0.627. The number of aromatic nitrogens is 3. The van der Waals surface area contributed by atoms with Crippen LogP contribution in [0.25, 0.3) is 0 Å². The van der Waals surface area contributed by atoms with E-state index in [1.54, 1.807) is 18.2 Å². The Labute approximate surface area is 175 Å². The molecule has 1 atom stereocenters. The van der Waals surface area contributed by atoms with Gasteiger partial charge in [0.05, 0.1) is 39.7 Å². The highest BCUT2D eigenvalue weighted by Crippen LogP contribution is 2.32. The minimum atomic E-state index is -0.660. The Morgan fingerprint density at radius 3 is 2.69 bits per heavy atom. The summed E-state index contributed by atoms with van der Waals surface area (Å²) in [5.74, 6) is -1.59. The molecular weight excluding hydrogens is 420 g/mol. The molecule has 3 aromatic rings. The lowest BCUT2D eigenvalue weighted by atomic mass is 10.1. The summed E-state index contributed by atoms with van der Waals surface area (Å²) in [6.45, 7) is 2.24. The van der Waals surface area contributed by atoms with Crippen molar-refractivity contribution in [2.24, 2.45) is 0 Å². The highest BCUT2D eigenvalue weighted by molar-refractivity contribution is 6.42. The molecule has 1 aromatic carbocycles. The van der Waals surface area contributed by atoms with Crippen molar-refractivity contribution in [3.8, 4) is 0 Å². The van der Waals surface area contributed by atoms with Gasteiger partial charge in [-0.1, -0.05) is 23.2 Å². The molecule has 0 spiro atoms. The van der Waals surface area contributed by atoms with Crippen molar-refractivity contribution in [3.05, 3.63) is 70.0 Å². The minimum absolute atomic E-state index is 0.107. The van der Waals surface area contributed by atoms with Crippen LogP contribution in [-0.4, -0.2) is 33.1 Å². The van der Waals surface area contributed by atoms with Gasteiger partial charge >= 0.3 is 0 Å². The average Bonchev–Trinajstić information content (AvgIpc) is 3.15. The maximum Gasteiger partial charge on any atom is 0.277 e. The van der Waals surface area contributed by atoms with Gasteiger partial charge in [0.15, 0.2) is 0 Å². The molecule has 1 N–H and O–H groups in total. The molecule has 29 heavy (non-hydrogen) atoms. The van der Waals surface area contributed by atoms with Crippen LogP contribution in [0, 0.1) is 5.95 Å². The van der Waals surface area contributed by atoms with Gasteiger partial charge in [0.25, 0.3) is 11.8 Å². The van der Waals surface area contributed by atoms with Crippen molar-refractivity contribution < 1.29 is 14.0 Å². The largest absolute Gasteiger partial charge is 0.320 e. The zero-order valence-corrected chi connectivity index (χ0v) is 16.6. The van der Waals surface area contributed by atoms with Gasteiger partial charge < -0.3 is 10.2 Å². The number of nitrogens with one attached hydrogen (secondary N) is 1.